The van der Waals surface area contributed by atoms with E-state index in [0.29, 0.717) is 11.4 Å². The maximum atomic E-state index is 12.3. The number of nitrogens with one attached hydrogen (secondary N) is 2. The van der Waals surface area contributed by atoms with E-state index in [1.54, 1.807) is 11.6 Å². The van der Waals surface area contributed by atoms with Gasteiger partial charge in [0.05, 0.1) is 4.90 Å². The number of aryl methyl sites for hydroxylation is 2. The van der Waals surface area contributed by atoms with Gasteiger partial charge < -0.3 is 5.32 Å². The molecular weight excluding hydrogens is 372 g/mol. The Kier molecular flexibility index (Phi) is 5.01. The topological polar surface area (TPSA) is 101 Å². The Morgan fingerprint density at radius 2 is 1.85 bits per heavy atom. The quantitative estimate of drug-likeness (QED) is 0.699. The molecule has 1 aromatic carbocycles. The van der Waals surface area contributed by atoms with Crippen LogP contribution in [0.25, 0.3) is 0 Å². The molecule has 3 rings (SSSR count). The van der Waals surface area contributed by atoms with Crippen molar-refractivity contribution >= 4 is 38.2 Å². The summed E-state index contributed by atoms with van der Waals surface area (Å²) in [6.07, 6.45) is 3.18. The summed E-state index contributed by atoms with van der Waals surface area (Å²) >= 11 is 1.18. The smallest absolute Gasteiger partial charge is 0.263 e. The molecule has 9 heteroatoms. The van der Waals surface area contributed by atoms with Crippen LogP contribution in [0.5, 0.6) is 0 Å². The number of carbonyl (C=O) groups excluding carboxylic acids is 1. The first-order valence-electron chi connectivity index (χ1n) is 7.62. The number of sulfonamides is 1. The van der Waals surface area contributed by atoms with Crippen LogP contribution in [0, 0.1) is 13.8 Å². The standard InChI is InChI=1S/C17H16N4O3S2/c1-11-9-12(2)15(19-10-11)20-16(22)13-3-5-14(6-4-13)26(23,24)21-17-18-7-8-25-17/h3-10H,1-2H3,(H,18,21)(H,19,20,22). The number of rotatable bonds is 5. The van der Waals surface area contributed by atoms with Crippen molar-refractivity contribution in [1.29, 1.82) is 0 Å². The minimum Gasteiger partial charge on any atom is -0.306 e. The lowest BCUT2D eigenvalue weighted by Gasteiger charge is -2.09. The molecule has 0 aliphatic rings. The number of thiazole rings is 1. The Labute approximate surface area is 155 Å². The predicted octanol–water partition coefficient (Wildman–Crippen LogP) is 3.21. The number of hydrogen-bond donors (Lipinski definition) is 2. The Morgan fingerprint density at radius 1 is 1.12 bits per heavy atom. The third-order valence-electron chi connectivity index (χ3n) is 3.53. The Hall–Kier alpha value is -2.78. The van der Waals surface area contributed by atoms with Gasteiger partial charge in [0, 0.05) is 23.3 Å². The second-order valence-electron chi connectivity index (χ2n) is 5.60. The summed E-state index contributed by atoms with van der Waals surface area (Å²) in [7, 11) is -3.74. The lowest BCUT2D eigenvalue weighted by atomic mass is 10.2. The zero-order valence-corrected chi connectivity index (χ0v) is 15.7. The molecule has 0 unspecified atom stereocenters. The number of hydrogen-bond acceptors (Lipinski definition) is 6. The van der Waals surface area contributed by atoms with Gasteiger partial charge in [-0.05, 0) is 49.2 Å². The van der Waals surface area contributed by atoms with Crippen molar-refractivity contribution in [3.8, 4) is 0 Å². The summed E-state index contributed by atoms with van der Waals surface area (Å²) in [5.41, 5.74) is 2.19. The van der Waals surface area contributed by atoms with E-state index in [1.807, 2.05) is 19.9 Å². The molecule has 2 N–H and O–H groups in total. The fourth-order valence-electron chi connectivity index (χ4n) is 2.26. The molecule has 0 aliphatic carbocycles. The molecule has 0 fully saturated rings. The van der Waals surface area contributed by atoms with Crippen LogP contribution in [0.3, 0.4) is 0 Å². The molecule has 2 heterocycles. The monoisotopic (exact) mass is 388 g/mol. The fourth-order valence-corrected chi connectivity index (χ4v) is 4.05. The van der Waals surface area contributed by atoms with E-state index in [0.717, 1.165) is 11.1 Å². The van der Waals surface area contributed by atoms with E-state index >= 15 is 0 Å². The average Bonchev–Trinajstić information content (AvgIpc) is 3.09. The maximum Gasteiger partial charge on any atom is 0.263 e. The van der Waals surface area contributed by atoms with Gasteiger partial charge in [-0.25, -0.2) is 18.4 Å². The van der Waals surface area contributed by atoms with Crippen LogP contribution in [-0.4, -0.2) is 24.3 Å². The molecule has 0 saturated heterocycles. The second kappa shape index (κ2) is 7.22. The summed E-state index contributed by atoms with van der Waals surface area (Å²) < 4.78 is 27.0. The maximum absolute atomic E-state index is 12.3. The van der Waals surface area contributed by atoms with Crippen molar-refractivity contribution in [1.82, 2.24) is 9.97 Å². The summed E-state index contributed by atoms with van der Waals surface area (Å²) in [5, 5.41) is 4.68. The molecule has 0 radical (unpaired) electrons. The van der Waals surface area contributed by atoms with E-state index < -0.39 is 10.0 Å². The van der Waals surface area contributed by atoms with Gasteiger partial charge in [-0.15, -0.1) is 11.3 Å². The summed E-state index contributed by atoms with van der Waals surface area (Å²) in [6, 6.07) is 7.58. The molecule has 0 atom stereocenters. The van der Waals surface area contributed by atoms with Crippen molar-refractivity contribution in [2.75, 3.05) is 10.0 Å². The average molecular weight is 388 g/mol. The first-order valence-corrected chi connectivity index (χ1v) is 9.98. The molecule has 2 aromatic heterocycles. The van der Waals surface area contributed by atoms with Crippen LogP contribution in [0.1, 0.15) is 21.5 Å². The van der Waals surface area contributed by atoms with Crippen LogP contribution in [0.2, 0.25) is 0 Å². The fraction of sp³-hybridized carbons (Fsp3) is 0.118. The van der Waals surface area contributed by atoms with Crippen LogP contribution >= 0.6 is 11.3 Å². The number of anilines is 2. The number of nitrogens with zero attached hydrogens (tertiary/aromatic N) is 2. The summed E-state index contributed by atoms with van der Waals surface area (Å²) in [5.74, 6) is 0.115. The van der Waals surface area contributed by atoms with Gasteiger partial charge in [-0.1, -0.05) is 6.07 Å². The highest BCUT2D eigenvalue weighted by Crippen LogP contribution is 2.19. The molecule has 0 spiro atoms. The van der Waals surface area contributed by atoms with Crippen LogP contribution < -0.4 is 10.0 Å². The van der Waals surface area contributed by atoms with Crippen LogP contribution in [-0.2, 0) is 10.0 Å². The minimum absolute atomic E-state index is 0.0499. The molecule has 0 aliphatic heterocycles. The SMILES string of the molecule is Cc1cnc(NC(=O)c2ccc(S(=O)(=O)Nc3nccs3)cc2)c(C)c1. The molecule has 134 valence electrons. The van der Waals surface area contributed by atoms with Crippen molar-refractivity contribution in [2.24, 2.45) is 0 Å². The van der Waals surface area contributed by atoms with Gasteiger partial charge in [-0.3, -0.25) is 9.52 Å². The van der Waals surface area contributed by atoms with Gasteiger partial charge >= 0.3 is 0 Å². The van der Waals surface area contributed by atoms with Gasteiger partial charge in [0.25, 0.3) is 15.9 Å². The van der Waals surface area contributed by atoms with Gasteiger partial charge in [0.15, 0.2) is 5.13 Å². The Balaban J connectivity index is 1.75. The van der Waals surface area contributed by atoms with E-state index in [4.69, 9.17) is 0 Å². The van der Waals surface area contributed by atoms with Crippen LogP contribution in [0.15, 0.2) is 53.0 Å². The molecule has 0 bridgehead atoms. The van der Waals surface area contributed by atoms with Crippen molar-refractivity contribution in [3.63, 3.8) is 0 Å². The largest absolute Gasteiger partial charge is 0.306 e. The number of amides is 1. The van der Waals surface area contributed by atoms with Crippen molar-refractivity contribution in [2.45, 2.75) is 18.7 Å². The highest BCUT2D eigenvalue weighted by molar-refractivity contribution is 7.93. The number of carbonyl (C=O) groups is 1. The van der Waals surface area contributed by atoms with Gasteiger partial charge in [-0.2, -0.15) is 0 Å². The van der Waals surface area contributed by atoms with E-state index in [1.165, 1.54) is 41.8 Å². The second-order valence-corrected chi connectivity index (χ2v) is 8.18. The highest BCUT2D eigenvalue weighted by Gasteiger charge is 2.16. The lowest BCUT2D eigenvalue weighted by Crippen LogP contribution is -2.15. The Bertz CT molecular complexity index is 1030. The minimum atomic E-state index is -3.74. The predicted molar refractivity (Wildman–Crippen MR) is 101 cm³/mol. The zero-order chi connectivity index (χ0) is 18.7. The van der Waals surface area contributed by atoms with Crippen molar-refractivity contribution < 1.29 is 13.2 Å². The number of aromatic nitrogens is 2. The van der Waals surface area contributed by atoms with E-state index in [-0.39, 0.29) is 15.9 Å². The molecule has 0 saturated carbocycles. The summed E-state index contributed by atoms with van der Waals surface area (Å²) in [6.45, 7) is 3.78. The third kappa shape index (κ3) is 4.06. The molecular formula is C17H16N4O3S2. The highest BCUT2D eigenvalue weighted by atomic mass is 32.2. The Morgan fingerprint density at radius 3 is 2.46 bits per heavy atom. The lowest BCUT2D eigenvalue weighted by molar-refractivity contribution is 0.102. The van der Waals surface area contributed by atoms with E-state index in [9.17, 15) is 13.2 Å². The van der Waals surface area contributed by atoms with E-state index in [2.05, 4.69) is 20.0 Å². The normalized spacial score (nSPS) is 11.2. The number of benzene rings is 1. The first-order chi connectivity index (χ1) is 12.3. The van der Waals surface area contributed by atoms with Gasteiger partial charge in [0.2, 0.25) is 0 Å². The molecule has 3 aromatic rings. The van der Waals surface area contributed by atoms with Crippen molar-refractivity contribution in [3.05, 3.63) is 64.8 Å². The summed E-state index contributed by atoms with van der Waals surface area (Å²) in [4.78, 5) is 20.5. The first kappa shape index (κ1) is 18.0. The zero-order valence-electron chi connectivity index (χ0n) is 14.1. The number of pyridine rings is 1. The van der Waals surface area contributed by atoms with Crippen LogP contribution in [0.4, 0.5) is 10.9 Å². The van der Waals surface area contributed by atoms with Gasteiger partial charge in [0.1, 0.15) is 5.82 Å². The molecule has 7 nitrogen and oxygen atoms in total. The third-order valence-corrected chi connectivity index (χ3v) is 5.70. The molecule has 1 amide bonds. The molecule has 26 heavy (non-hydrogen) atoms.